The lowest BCUT2D eigenvalue weighted by molar-refractivity contribution is -0.296. The molecule has 2 amide bonds. The van der Waals surface area contributed by atoms with E-state index in [2.05, 4.69) is 10.6 Å². The second-order valence-electron chi connectivity index (χ2n) is 16.5. The van der Waals surface area contributed by atoms with E-state index in [-0.39, 0.29) is 58.6 Å². The first-order valence-electron chi connectivity index (χ1n) is 19.3. The minimum absolute atomic E-state index is 0.0497. The monoisotopic (exact) mass is 825 g/mol. The molecular weight excluding hydrogens is 762 g/mol. The SMILES string of the molecule is CC(C)(C)OC(=O)N1CC(O)(C(=O)NC2CC(N)C(OC3OC(CNCCO)C(O)CC3N)C(OC3OC(CO)C(OC4OC(CN)CC(O)C4N)C3O)C2O)C1. The Morgan fingerprint density at radius 3 is 2.11 bits per heavy atom. The van der Waals surface area contributed by atoms with Crippen LogP contribution >= 0.6 is 0 Å². The van der Waals surface area contributed by atoms with Crippen molar-refractivity contribution in [1.29, 1.82) is 0 Å². The summed E-state index contributed by atoms with van der Waals surface area (Å²) in [6, 6.07) is -4.14. The Bertz CT molecular complexity index is 1330. The molecule has 4 saturated heterocycles. The standard InChI is InChI=1S/C34H63N7O16/c1-33(2,3)57-32(49)41-12-34(50,13-41)31(48)40-17-7-15(36)25(54-28-16(37)8-18(44)20(52-28)10-39-4-5-42)27(23(17)46)56-30-24(47)26(21(11-43)53-30)55-29-22(38)19(45)6-14(9-35)51-29/h14-30,39,42-47,50H,4-13,35-38H2,1-3H3,(H,40,48). The van der Waals surface area contributed by atoms with Crippen LogP contribution in [-0.4, -0.2) is 214 Å². The van der Waals surface area contributed by atoms with Crippen LogP contribution in [0.3, 0.4) is 0 Å². The van der Waals surface area contributed by atoms with Gasteiger partial charge in [0.25, 0.3) is 5.91 Å². The molecule has 4 heterocycles. The van der Waals surface area contributed by atoms with Gasteiger partial charge in [0.1, 0.15) is 42.2 Å². The molecule has 57 heavy (non-hydrogen) atoms. The lowest BCUT2D eigenvalue weighted by Gasteiger charge is -2.49. The maximum Gasteiger partial charge on any atom is 0.410 e. The van der Waals surface area contributed by atoms with Crippen LogP contribution in [-0.2, 0) is 38.0 Å². The summed E-state index contributed by atoms with van der Waals surface area (Å²) < 4.78 is 41.4. The topological polar surface area (TPSA) is 372 Å². The first-order chi connectivity index (χ1) is 26.8. The third-order valence-electron chi connectivity index (χ3n) is 10.7. The number of rotatable bonds is 14. The Morgan fingerprint density at radius 1 is 0.825 bits per heavy atom. The molecule has 23 nitrogen and oxygen atoms in total. The molecule has 0 spiro atoms. The van der Waals surface area contributed by atoms with Gasteiger partial charge in [-0.1, -0.05) is 0 Å². The van der Waals surface area contributed by atoms with Crippen molar-refractivity contribution in [2.45, 2.75) is 155 Å². The quantitative estimate of drug-likeness (QED) is 0.0724. The fourth-order valence-electron chi connectivity index (χ4n) is 7.56. The predicted molar refractivity (Wildman–Crippen MR) is 193 cm³/mol. The maximum absolute atomic E-state index is 13.4. The Labute approximate surface area is 330 Å². The van der Waals surface area contributed by atoms with Crippen molar-refractivity contribution in [3.05, 3.63) is 0 Å². The number of aliphatic hydroxyl groups is 7. The van der Waals surface area contributed by atoms with Gasteiger partial charge >= 0.3 is 6.09 Å². The molecule has 330 valence electrons. The van der Waals surface area contributed by atoms with Crippen LogP contribution < -0.4 is 33.6 Å². The van der Waals surface area contributed by atoms with Gasteiger partial charge in [0.05, 0.1) is 68.8 Å². The summed E-state index contributed by atoms with van der Waals surface area (Å²) in [6.07, 6.45) is -16.8. The molecule has 5 aliphatic rings. The number of nitrogens with one attached hydrogen (secondary N) is 2. The van der Waals surface area contributed by atoms with E-state index in [4.69, 9.17) is 56.1 Å². The molecule has 0 aromatic rings. The third-order valence-corrected chi connectivity index (χ3v) is 10.7. The number of β-amino-alcohol motifs (C(OH)–C–C–N with tert-alkyl or cyclic N) is 1. The van der Waals surface area contributed by atoms with Crippen molar-refractivity contribution in [3.8, 4) is 0 Å². The number of carbonyl (C=O) groups is 2. The van der Waals surface area contributed by atoms with Crippen LogP contribution in [0.5, 0.6) is 0 Å². The molecule has 1 aliphatic carbocycles. The van der Waals surface area contributed by atoms with E-state index in [1.807, 2.05) is 0 Å². The number of nitrogens with zero attached hydrogens (tertiary/aromatic N) is 1. The van der Waals surface area contributed by atoms with Crippen molar-refractivity contribution < 1.29 is 78.5 Å². The highest BCUT2D eigenvalue weighted by Gasteiger charge is 2.56. The lowest BCUT2D eigenvalue weighted by Crippen LogP contribution is -2.73. The minimum atomic E-state index is -2.02. The van der Waals surface area contributed by atoms with Crippen molar-refractivity contribution in [2.24, 2.45) is 22.9 Å². The summed E-state index contributed by atoms with van der Waals surface area (Å²) >= 11 is 0. The molecule has 1 saturated carbocycles. The number of likely N-dealkylation sites (tertiary alicyclic amines) is 1. The molecule has 17 atom stereocenters. The number of nitrogens with two attached hydrogens (primary N) is 4. The highest BCUT2D eigenvalue weighted by molar-refractivity contribution is 5.89. The third kappa shape index (κ3) is 10.9. The summed E-state index contributed by atoms with van der Waals surface area (Å²) in [7, 11) is 0. The molecule has 4 aliphatic heterocycles. The summed E-state index contributed by atoms with van der Waals surface area (Å²) in [5, 5.41) is 80.5. The van der Waals surface area contributed by atoms with E-state index in [1.165, 1.54) is 0 Å². The molecule has 0 aromatic heterocycles. The zero-order chi connectivity index (χ0) is 42.0. The highest BCUT2D eigenvalue weighted by Crippen LogP contribution is 2.35. The van der Waals surface area contributed by atoms with Crippen molar-refractivity contribution in [2.75, 3.05) is 45.9 Å². The van der Waals surface area contributed by atoms with Gasteiger partial charge in [-0.15, -0.1) is 0 Å². The Morgan fingerprint density at radius 2 is 1.47 bits per heavy atom. The van der Waals surface area contributed by atoms with Gasteiger partial charge in [-0.05, 0) is 33.6 Å². The van der Waals surface area contributed by atoms with Crippen molar-refractivity contribution >= 4 is 12.0 Å². The molecule has 5 fully saturated rings. The summed E-state index contributed by atoms with van der Waals surface area (Å²) in [5.74, 6) is -0.908. The molecule has 5 rings (SSSR count). The molecule has 23 heteroatoms. The largest absolute Gasteiger partial charge is 0.444 e. The predicted octanol–water partition coefficient (Wildman–Crippen LogP) is -7.07. The van der Waals surface area contributed by atoms with Crippen LogP contribution in [0.2, 0.25) is 0 Å². The van der Waals surface area contributed by atoms with Crippen LogP contribution in [0.15, 0.2) is 0 Å². The average Bonchev–Trinajstić information content (AvgIpc) is 3.42. The molecule has 0 radical (unpaired) electrons. The second kappa shape index (κ2) is 19.2. The van der Waals surface area contributed by atoms with Gasteiger partial charge in [0.15, 0.2) is 24.5 Å². The van der Waals surface area contributed by atoms with Crippen LogP contribution in [0.1, 0.15) is 40.0 Å². The first-order valence-corrected chi connectivity index (χ1v) is 19.3. The van der Waals surface area contributed by atoms with Gasteiger partial charge in [-0.2, -0.15) is 0 Å². The van der Waals surface area contributed by atoms with Gasteiger partial charge < -0.3 is 107 Å². The molecular formula is C34H63N7O16. The summed E-state index contributed by atoms with van der Waals surface area (Å²) in [6.45, 7) is 3.87. The van der Waals surface area contributed by atoms with Gasteiger partial charge in [-0.3, -0.25) is 4.79 Å². The number of hydrogen-bond acceptors (Lipinski definition) is 21. The zero-order valence-corrected chi connectivity index (χ0v) is 32.4. The van der Waals surface area contributed by atoms with E-state index in [1.54, 1.807) is 20.8 Å². The highest BCUT2D eigenvalue weighted by atomic mass is 16.8. The minimum Gasteiger partial charge on any atom is -0.444 e. The molecule has 0 bridgehead atoms. The average molecular weight is 826 g/mol. The van der Waals surface area contributed by atoms with E-state index in [0.29, 0.717) is 0 Å². The molecule has 0 aromatic carbocycles. The van der Waals surface area contributed by atoms with Crippen LogP contribution in [0.25, 0.3) is 0 Å². The number of aliphatic hydroxyl groups excluding tert-OH is 6. The maximum atomic E-state index is 13.4. The van der Waals surface area contributed by atoms with E-state index >= 15 is 0 Å². The normalized spacial score (nSPS) is 42.4. The first kappa shape index (κ1) is 46.1. The fourth-order valence-corrected chi connectivity index (χ4v) is 7.56. The Hall–Kier alpha value is -1.98. The smallest absolute Gasteiger partial charge is 0.410 e. The number of ether oxygens (including phenoxy) is 7. The number of hydrogen-bond donors (Lipinski definition) is 13. The Kier molecular flexibility index (Phi) is 15.5. The summed E-state index contributed by atoms with van der Waals surface area (Å²) in [5.41, 5.74) is 22.0. The fraction of sp³-hybridized carbons (Fsp3) is 0.941. The zero-order valence-electron chi connectivity index (χ0n) is 32.4. The number of amides is 2. The summed E-state index contributed by atoms with van der Waals surface area (Å²) in [4.78, 5) is 27.1. The van der Waals surface area contributed by atoms with Gasteiger partial charge in [0.2, 0.25) is 0 Å². The van der Waals surface area contributed by atoms with E-state index in [9.17, 15) is 45.3 Å². The van der Waals surface area contributed by atoms with Crippen LogP contribution in [0, 0.1) is 0 Å². The van der Waals surface area contributed by atoms with Crippen molar-refractivity contribution in [1.82, 2.24) is 15.5 Å². The van der Waals surface area contributed by atoms with Gasteiger partial charge in [-0.25, -0.2) is 4.79 Å². The second-order valence-corrected chi connectivity index (χ2v) is 16.5. The van der Waals surface area contributed by atoms with E-state index in [0.717, 1.165) is 4.90 Å². The number of carbonyl (C=O) groups excluding carboxylic acids is 2. The Balaban J connectivity index is 1.34. The molecule has 17 N–H and O–H groups in total. The van der Waals surface area contributed by atoms with Crippen molar-refractivity contribution in [3.63, 3.8) is 0 Å². The van der Waals surface area contributed by atoms with Crippen LogP contribution in [0.4, 0.5) is 4.79 Å². The van der Waals surface area contributed by atoms with Gasteiger partial charge in [0, 0.05) is 32.1 Å². The molecule has 17 unspecified atom stereocenters. The van der Waals surface area contributed by atoms with E-state index < -0.39 is 134 Å². The lowest BCUT2D eigenvalue weighted by atomic mass is 9.83.